The highest BCUT2D eigenvalue weighted by Crippen LogP contribution is 2.33. The van der Waals surface area contributed by atoms with Crippen LogP contribution in [0, 0.1) is 6.92 Å². The van der Waals surface area contributed by atoms with Crippen LogP contribution in [0.5, 0.6) is 5.75 Å². The van der Waals surface area contributed by atoms with Crippen LogP contribution in [-0.4, -0.2) is 49.6 Å². The van der Waals surface area contributed by atoms with Gasteiger partial charge >= 0.3 is 0 Å². The zero-order chi connectivity index (χ0) is 21.0. The molecule has 0 atom stereocenters. The number of aryl methyl sites for hydroxylation is 1. The molecule has 0 N–H and O–H groups in total. The Kier molecular flexibility index (Phi) is 8.92. The number of anilines is 1. The van der Waals surface area contributed by atoms with E-state index < -0.39 is 0 Å². The second kappa shape index (κ2) is 11.0. The van der Waals surface area contributed by atoms with Gasteiger partial charge in [-0.2, -0.15) is 0 Å². The predicted molar refractivity (Wildman–Crippen MR) is 129 cm³/mol. The summed E-state index contributed by atoms with van der Waals surface area (Å²) in [4.78, 5) is 21.8. The number of thiazole rings is 1. The van der Waals surface area contributed by atoms with E-state index in [0.717, 1.165) is 33.6 Å². The molecule has 1 heterocycles. The van der Waals surface area contributed by atoms with E-state index in [1.807, 2.05) is 64.3 Å². The van der Waals surface area contributed by atoms with E-state index in [0.29, 0.717) is 29.7 Å². The Balaban J connectivity index is 0.00000320. The molecule has 0 aliphatic carbocycles. The first-order valence-electron chi connectivity index (χ1n) is 9.61. The zero-order valence-electron chi connectivity index (χ0n) is 17.6. The fourth-order valence-electron chi connectivity index (χ4n) is 2.97. The highest BCUT2D eigenvalue weighted by Gasteiger charge is 2.21. The third kappa shape index (κ3) is 5.85. The summed E-state index contributed by atoms with van der Waals surface area (Å²) in [6.45, 7) is 5.87. The average molecular weight is 468 g/mol. The summed E-state index contributed by atoms with van der Waals surface area (Å²) in [7, 11) is 3.99. The largest absolute Gasteiger partial charge is 0.494 e. The second-order valence-electron chi connectivity index (χ2n) is 7.12. The summed E-state index contributed by atoms with van der Waals surface area (Å²) in [6.07, 6.45) is 0.315. The molecule has 5 nitrogen and oxygen atoms in total. The fourth-order valence-corrected chi connectivity index (χ4v) is 4.19. The molecular formula is C22H27Cl2N3O2S. The summed E-state index contributed by atoms with van der Waals surface area (Å²) in [6, 6.07) is 11.5. The molecule has 0 saturated heterocycles. The van der Waals surface area contributed by atoms with Gasteiger partial charge in [0.2, 0.25) is 5.91 Å². The van der Waals surface area contributed by atoms with Crippen molar-refractivity contribution in [3.05, 3.63) is 52.5 Å². The molecule has 3 rings (SSSR count). The molecule has 2 aromatic carbocycles. The summed E-state index contributed by atoms with van der Waals surface area (Å²) in [5.74, 6) is 0.838. The summed E-state index contributed by atoms with van der Waals surface area (Å²) in [5.41, 5.74) is 2.76. The van der Waals surface area contributed by atoms with Crippen molar-refractivity contribution in [2.45, 2.75) is 20.3 Å². The van der Waals surface area contributed by atoms with Crippen LogP contribution in [0.3, 0.4) is 0 Å². The number of rotatable bonds is 8. The lowest BCUT2D eigenvalue weighted by Crippen LogP contribution is -2.37. The van der Waals surface area contributed by atoms with Gasteiger partial charge in [0.25, 0.3) is 0 Å². The molecule has 0 aliphatic heterocycles. The smallest absolute Gasteiger partial charge is 0.233 e. The topological polar surface area (TPSA) is 45.7 Å². The molecule has 0 saturated carbocycles. The van der Waals surface area contributed by atoms with E-state index >= 15 is 0 Å². The van der Waals surface area contributed by atoms with Gasteiger partial charge in [-0.25, -0.2) is 4.98 Å². The van der Waals surface area contributed by atoms with Crippen LogP contribution < -0.4 is 9.64 Å². The number of hydrogen-bond donors (Lipinski definition) is 0. The van der Waals surface area contributed by atoms with Crippen molar-refractivity contribution >= 4 is 56.6 Å². The second-order valence-corrected chi connectivity index (χ2v) is 8.53. The monoisotopic (exact) mass is 467 g/mol. The van der Waals surface area contributed by atoms with Crippen LogP contribution in [0.4, 0.5) is 5.13 Å². The van der Waals surface area contributed by atoms with Crippen molar-refractivity contribution in [3.63, 3.8) is 0 Å². The number of carbonyl (C=O) groups excluding carboxylic acids is 1. The molecule has 8 heteroatoms. The first-order valence-corrected chi connectivity index (χ1v) is 10.8. The third-order valence-electron chi connectivity index (χ3n) is 4.63. The maximum absolute atomic E-state index is 13.2. The summed E-state index contributed by atoms with van der Waals surface area (Å²) < 4.78 is 6.52. The number of ether oxygens (including phenoxy) is 1. The predicted octanol–water partition coefficient (Wildman–Crippen LogP) is 5.22. The molecule has 0 spiro atoms. The Labute approximate surface area is 193 Å². The highest BCUT2D eigenvalue weighted by molar-refractivity contribution is 7.22. The molecule has 30 heavy (non-hydrogen) atoms. The highest BCUT2D eigenvalue weighted by atomic mass is 35.5. The lowest BCUT2D eigenvalue weighted by Gasteiger charge is -2.22. The van der Waals surface area contributed by atoms with E-state index in [-0.39, 0.29) is 18.3 Å². The lowest BCUT2D eigenvalue weighted by molar-refractivity contribution is -0.118. The Morgan fingerprint density at radius 1 is 1.13 bits per heavy atom. The van der Waals surface area contributed by atoms with E-state index in [4.69, 9.17) is 21.3 Å². The molecule has 0 bridgehead atoms. The normalized spacial score (nSPS) is 10.9. The zero-order valence-corrected chi connectivity index (χ0v) is 20.0. The number of amides is 1. The minimum absolute atomic E-state index is 0. The number of carbonyl (C=O) groups is 1. The van der Waals surface area contributed by atoms with Crippen LogP contribution in [0.1, 0.15) is 18.1 Å². The van der Waals surface area contributed by atoms with Crippen molar-refractivity contribution in [3.8, 4) is 5.75 Å². The van der Waals surface area contributed by atoms with Gasteiger partial charge < -0.3 is 9.64 Å². The molecule has 3 aromatic rings. The van der Waals surface area contributed by atoms with Crippen molar-refractivity contribution < 1.29 is 9.53 Å². The first kappa shape index (κ1) is 24.4. The number of benzene rings is 2. The molecule has 0 radical (unpaired) electrons. The van der Waals surface area contributed by atoms with Crippen LogP contribution in [0.15, 0.2) is 36.4 Å². The van der Waals surface area contributed by atoms with Crippen LogP contribution >= 0.6 is 35.3 Å². The van der Waals surface area contributed by atoms with Crippen molar-refractivity contribution in [2.24, 2.45) is 0 Å². The minimum Gasteiger partial charge on any atom is -0.494 e. The van der Waals surface area contributed by atoms with E-state index in [2.05, 4.69) is 4.90 Å². The number of halogens is 2. The average Bonchev–Trinajstić information content (AvgIpc) is 3.11. The van der Waals surface area contributed by atoms with E-state index in [1.165, 1.54) is 11.3 Å². The van der Waals surface area contributed by atoms with Gasteiger partial charge in [0.15, 0.2) is 5.13 Å². The maximum atomic E-state index is 13.2. The third-order valence-corrected chi connectivity index (χ3v) is 6.08. The Bertz CT molecular complexity index is 990. The first-order chi connectivity index (χ1) is 13.9. The minimum atomic E-state index is 0. The number of likely N-dealkylation sites (N-methyl/N-ethyl adjacent to an activating group) is 1. The Morgan fingerprint density at radius 2 is 1.83 bits per heavy atom. The number of nitrogens with zero attached hydrogens (tertiary/aromatic N) is 3. The quantitative estimate of drug-likeness (QED) is 0.455. The van der Waals surface area contributed by atoms with Gasteiger partial charge in [0.05, 0.1) is 23.2 Å². The van der Waals surface area contributed by atoms with Gasteiger partial charge in [-0.1, -0.05) is 35.1 Å². The van der Waals surface area contributed by atoms with Crippen LogP contribution in [0.25, 0.3) is 10.2 Å². The van der Waals surface area contributed by atoms with Crippen molar-refractivity contribution in [2.75, 3.05) is 38.7 Å². The van der Waals surface area contributed by atoms with Crippen LogP contribution in [0.2, 0.25) is 5.02 Å². The standard InChI is InChI=1S/C22H26ClN3O2S.ClH/c1-5-28-17-8-6-16(7-9-17)14-20(27)26(13-12-25(3)4)22-24-21-15(2)18(23)10-11-19(21)29-22;/h6-11H,5,12-14H2,1-4H3;1H. The van der Waals surface area contributed by atoms with Crippen molar-refractivity contribution in [1.82, 2.24) is 9.88 Å². The Hall–Kier alpha value is -1.86. The molecule has 162 valence electrons. The SMILES string of the molecule is CCOc1ccc(CC(=O)N(CCN(C)C)c2nc3c(C)c(Cl)ccc3s2)cc1.Cl. The van der Waals surface area contributed by atoms with Gasteiger partial charge in [-0.05, 0) is 63.3 Å². The number of fused-ring (bicyclic) bond motifs is 1. The van der Waals surface area contributed by atoms with Gasteiger partial charge in [0, 0.05) is 18.1 Å². The molecule has 0 aliphatic rings. The summed E-state index contributed by atoms with van der Waals surface area (Å²) >= 11 is 7.78. The van der Waals surface area contributed by atoms with Gasteiger partial charge in [-0.3, -0.25) is 9.69 Å². The number of aromatic nitrogens is 1. The molecule has 1 amide bonds. The van der Waals surface area contributed by atoms with Gasteiger partial charge in [-0.15, -0.1) is 12.4 Å². The molecule has 0 unspecified atom stereocenters. The number of hydrogen-bond acceptors (Lipinski definition) is 5. The van der Waals surface area contributed by atoms with E-state index in [9.17, 15) is 4.79 Å². The van der Waals surface area contributed by atoms with Crippen LogP contribution in [-0.2, 0) is 11.2 Å². The maximum Gasteiger partial charge on any atom is 0.233 e. The van der Waals surface area contributed by atoms with E-state index in [1.54, 1.807) is 4.90 Å². The fraction of sp³-hybridized carbons (Fsp3) is 0.364. The molecule has 0 fully saturated rings. The van der Waals surface area contributed by atoms with Gasteiger partial charge in [0.1, 0.15) is 5.75 Å². The molecular weight excluding hydrogens is 441 g/mol. The lowest BCUT2D eigenvalue weighted by atomic mass is 10.1. The molecule has 1 aromatic heterocycles. The summed E-state index contributed by atoms with van der Waals surface area (Å²) in [5, 5.41) is 1.40. The van der Waals surface area contributed by atoms with Crippen molar-refractivity contribution in [1.29, 1.82) is 0 Å². The Morgan fingerprint density at radius 3 is 2.47 bits per heavy atom.